The molecule has 16 heavy (non-hydrogen) atoms. The van der Waals surface area contributed by atoms with Crippen molar-refractivity contribution in [3.05, 3.63) is 0 Å². The van der Waals surface area contributed by atoms with Gasteiger partial charge < -0.3 is 9.47 Å². The van der Waals surface area contributed by atoms with Crippen LogP contribution in [0, 0.1) is 5.41 Å². The van der Waals surface area contributed by atoms with Crippen molar-refractivity contribution >= 4 is 5.97 Å². The van der Waals surface area contributed by atoms with Gasteiger partial charge in [0, 0.05) is 6.61 Å². The fourth-order valence-corrected chi connectivity index (χ4v) is 1.84. The van der Waals surface area contributed by atoms with E-state index in [1.165, 1.54) is 0 Å². The number of esters is 1. The summed E-state index contributed by atoms with van der Waals surface area (Å²) < 4.78 is 10.3. The standard InChI is InChI=1S/C13H26O3/c1-5-13(6-2,7-3)11-12(14)16-10-9-15-8-4/h5-11H2,1-4H3. The van der Waals surface area contributed by atoms with Crippen molar-refractivity contribution in [1.82, 2.24) is 0 Å². The monoisotopic (exact) mass is 230 g/mol. The van der Waals surface area contributed by atoms with Crippen LogP contribution in [0.1, 0.15) is 53.4 Å². The summed E-state index contributed by atoms with van der Waals surface area (Å²) in [5.41, 5.74) is 0.128. The van der Waals surface area contributed by atoms with Crippen LogP contribution in [-0.2, 0) is 14.3 Å². The second kappa shape index (κ2) is 8.57. The third-order valence-electron chi connectivity index (χ3n) is 3.46. The summed E-state index contributed by atoms with van der Waals surface area (Å²) in [4.78, 5) is 11.6. The van der Waals surface area contributed by atoms with E-state index in [9.17, 15) is 4.79 Å². The lowest BCUT2D eigenvalue weighted by Gasteiger charge is -2.29. The Morgan fingerprint density at radius 1 is 1.00 bits per heavy atom. The van der Waals surface area contributed by atoms with Crippen LogP contribution in [0.5, 0.6) is 0 Å². The lowest BCUT2D eigenvalue weighted by atomic mass is 9.77. The molecule has 0 unspecified atom stereocenters. The van der Waals surface area contributed by atoms with E-state index in [1.807, 2.05) is 6.92 Å². The first-order chi connectivity index (χ1) is 7.64. The molecule has 0 aromatic heterocycles. The minimum atomic E-state index is -0.0924. The van der Waals surface area contributed by atoms with Gasteiger partial charge in [-0.15, -0.1) is 0 Å². The topological polar surface area (TPSA) is 35.5 Å². The van der Waals surface area contributed by atoms with Crippen LogP contribution in [0.4, 0.5) is 0 Å². The summed E-state index contributed by atoms with van der Waals surface area (Å²) in [6, 6.07) is 0. The number of carbonyl (C=O) groups excluding carboxylic acids is 1. The predicted molar refractivity (Wildman–Crippen MR) is 65.4 cm³/mol. The Morgan fingerprint density at radius 2 is 1.56 bits per heavy atom. The molecular formula is C13H26O3. The van der Waals surface area contributed by atoms with E-state index in [4.69, 9.17) is 9.47 Å². The second-order valence-electron chi connectivity index (χ2n) is 4.15. The predicted octanol–water partition coefficient (Wildman–Crippen LogP) is 3.17. The first-order valence-corrected chi connectivity index (χ1v) is 6.37. The van der Waals surface area contributed by atoms with Gasteiger partial charge in [0.1, 0.15) is 6.61 Å². The molecule has 0 amide bonds. The molecule has 0 aliphatic heterocycles. The Morgan fingerprint density at radius 3 is 2.00 bits per heavy atom. The van der Waals surface area contributed by atoms with Gasteiger partial charge in [0.05, 0.1) is 13.0 Å². The lowest BCUT2D eigenvalue weighted by Crippen LogP contribution is -2.24. The quantitative estimate of drug-likeness (QED) is 0.451. The highest BCUT2D eigenvalue weighted by molar-refractivity contribution is 5.70. The van der Waals surface area contributed by atoms with Gasteiger partial charge in [0.2, 0.25) is 0 Å². The third kappa shape index (κ3) is 5.50. The first kappa shape index (κ1) is 15.4. The highest BCUT2D eigenvalue weighted by Gasteiger charge is 2.27. The molecule has 3 nitrogen and oxygen atoms in total. The number of hydrogen-bond acceptors (Lipinski definition) is 3. The SMILES string of the molecule is CCOCCOC(=O)CC(CC)(CC)CC. The summed E-state index contributed by atoms with van der Waals surface area (Å²) in [5, 5.41) is 0. The minimum Gasteiger partial charge on any atom is -0.463 e. The Hall–Kier alpha value is -0.570. The van der Waals surface area contributed by atoms with Gasteiger partial charge >= 0.3 is 5.97 Å². The molecule has 0 bridgehead atoms. The third-order valence-corrected chi connectivity index (χ3v) is 3.46. The molecule has 0 fully saturated rings. The number of carbonyl (C=O) groups is 1. The van der Waals surface area contributed by atoms with Gasteiger partial charge in [-0.2, -0.15) is 0 Å². The van der Waals surface area contributed by atoms with Gasteiger partial charge in [0.25, 0.3) is 0 Å². The normalized spacial score (nSPS) is 11.5. The second-order valence-corrected chi connectivity index (χ2v) is 4.15. The zero-order valence-electron chi connectivity index (χ0n) is 11.2. The molecule has 0 saturated heterocycles. The molecule has 3 heteroatoms. The van der Waals surface area contributed by atoms with Crippen molar-refractivity contribution in [2.24, 2.45) is 5.41 Å². The fraction of sp³-hybridized carbons (Fsp3) is 0.923. The molecule has 0 saturated carbocycles. The average Bonchev–Trinajstić information content (AvgIpc) is 2.32. The van der Waals surface area contributed by atoms with E-state index < -0.39 is 0 Å². The van der Waals surface area contributed by atoms with E-state index in [0.717, 1.165) is 19.3 Å². The number of rotatable bonds is 9. The van der Waals surface area contributed by atoms with Crippen LogP contribution in [0.25, 0.3) is 0 Å². The van der Waals surface area contributed by atoms with E-state index in [-0.39, 0.29) is 11.4 Å². The maximum Gasteiger partial charge on any atom is 0.306 e. The summed E-state index contributed by atoms with van der Waals surface area (Å²) in [7, 11) is 0. The van der Waals surface area contributed by atoms with E-state index in [2.05, 4.69) is 20.8 Å². The highest BCUT2D eigenvalue weighted by Crippen LogP contribution is 2.34. The molecule has 0 radical (unpaired) electrons. The Bertz CT molecular complexity index is 177. The zero-order chi connectivity index (χ0) is 12.4. The summed E-state index contributed by atoms with van der Waals surface area (Å²) in [6.45, 7) is 9.89. The maximum atomic E-state index is 11.6. The van der Waals surface area contributed by atoms with E-state index >= 15 is 0 Å². The number of ether oxygens (including phenoxy) is 2. The van der Waals surface area contributed by atoms with Crippen molar-refractivity contribution in [2.75, 3.05) is 19.8 Å². The van der Waals surface area contributed by atoms with Crippen LogP contribution in [0.2, 0.25) is 0 Å². The molecule has 0 aromatic carbocycles. The highest BCUT2D eigenvalue weighted by atomic mass is 16.6. The van der Waals surface area contributed by atoms with Crippen molar-refractivity contribution < 1.29 is 14.3 Å². The zero-order valence-corrected chi connectivity index (χ0v) is 11.2. The van der Waals surface area contributed by atoms with Crippen LogP contribution in [-0.4, -0.2) is 25.8 Å². The minimum absolute atomic E-state index is 0.0924. The smallest absolute Gasteiger partial charge is 0.306 e. The molecule has 96 valence electrons. The molecule has 0 atom stereocenters. The van der Waals surface area contributed by atoms with Crippen LogP contribution in [0.3, 0.4) is 0 Å². The van der Waals surface area contributed by atoms with Crippen LogP contribution >= 0.6 is 0 Å². The van der Waals surface area contributed by atoms with Crippen molar-refractivity contribution in [2.45, 2.75) is 53.4 Å². The Labute approximate surface area is 99.5 Å². The van der Waals surface area contributed by atoms with Gasteiger partial charge in [-0.25, -0.2) is 0 Å². The van der Waals surface area contributed by atoms with Gasteiger partial charge in [0.15, 0.2) is 0 Å². The van der Waals surface area contributed by atoms with Crippen molar-refractivity contribution in [3.63, 3.8) is 0 Å². The van der Waals surface area contributed by atoms with Gasteiger partial charge in [-0.3, -0.25) is 4.79 Å². The Kier molecular flexibility index (Phi) is 8.26. The van der Waals surface area contributed by atoms with Crippen LogP contribution in [0.15, 0.2) is 0 Å². The summed E-state index contributed by atoms with van der Waals surface area (Å²) in [5.74, 6) is -0.0924. The molecule has 0 aliphatic rings. The lowest BCUT2D eigenvalue weighted by molar-refractivity contribution is -0.148. The van der Waals surface area contributed by atoms with Crippen molar-refractivity contribution in [3.8, 4) is 0 Å². The van der Waals surface area contributed by atoms with Gasteiger partial charge in [-0.05, 0) is 31.6 Å². The Balaban J connectivity index is 3.91. The van der Waals surface area contributed by atoms with Crippen molar-refractivity contribution in [1.29, 1.82) is 0 Å². The molecule has 0 aromatic rings. The molecule has 0 N–H and O–H groups in total. The van der Waals surface area contributed by atoms with E-state index in [0.29, 0.717) is 26.2 Å². The fourth-order valence-electron chi connectivity index (χ4n) is 1.84. The maximum absolute atomic E-state index is 11.6. The average molecular weight is 230 g/mol. The van der Waals surface area contributed by atoms with E-state index in [1.54, 1.807) is 0 Å². The summed E-state index contributed by atoms with van der Waals surface area (Å²) in [6.07, 6.45) is 3.62. The molecule has 0 aliphatic carbocycles. The molecular weight excluding hydrogens is 204 g/mol. The molecule has 0 spiro atoms. The number of hydrogen-bond donors (Lipinski definition) is 0. The molecule has 0 heterocycles. The summed E-state index contributed by atoms with van der Waals surface area (Å²) >= 11 is 0. The van der Waals surface area contributed by atoms with Gasteiger partial charge in [-0.1, -0.05) is 20.8 Å². The first-order valence-electron chi connectivity index (χ1n) is 6.37. The van der Waals surface area contributed by atoms with Crippen LogP contribution < -0.4 is 0 Å². The largest absolute Gasteiger partial charge is 0.463 e. The molecule has 0 rings (SSSR count).